The fourth-order valence-corrected chi connectivity index (χ4v) is 134. The van der Waals surface area contributed by atoms with E-state index in [2.05, 4.69) is 0 Å². The minimum atomic E-state index is -2.48. The van der Waals surface area contributed by atoms with Gasteiger partial charge < -0.3 is 0 Å². The van der Waals surface area contributed by atoms with Gasteiger partial charge in [0.2, 0.25) is 0 Å². The molecule has 1 spiro atoms. The van der Waals surface area contributed by atoms with Crippen LogP contribution in [0.1, 0.15) is 0 Å². The molecule has 10 fully saturated rings. The summed E-state index contributed by atoms with van der Waals surface area (Å²) in [5.74, 6) is 0. The van der Waals surface area contributed by atoms with Gasteiger partial charge in [0.25, 0.3) is 0 Å². The van der Waals surface area contributed by atoms with Gasteiger partial charge in [0.15, 0.2) is 0 Å². The van der Waals surface area contributed by atoms with Crippen molar-refractivity contribution >= 4 is 0 Å². The Morgan fingerprint density at radius 3 is 0.545 bits per heavy atom. The van der Waals surface area contributed by atoms with E-state index in [1.807, 2.05) is 0 Å². The van der Waals surface area contributed by atoms with E-state index in [1.54, 1.807) is 45.1 Å². The number of fused-ring (bicyclic) bond motifs is 10. The Balaban J connectivity index is 2.46. The summed E-state index contributed by atoms with van der Waals surface area (Å²) < 4.78 is 16.1. The van der Waals surface area contributed by atoms with Gasteiger partial charge in [0.1, 0.15) is 0 Å². The predicted octanol–water partition coefficient (Wildman–Crippen LogP) is 3.38. The van der Waals surface area contributed by atoms with Crippen LogP contribution >= 0.6 is 0 Å². The van der Waals surface area contributed by atoms with E-state index in [9.17, 15) is 0 Å². The third kappa shape index (κ3) is 0.0196. The summed E-state index contributed by atoms with van der Waals surface area (Å²) in [5, 5.41) is 0. The van der Waals surface area contributed by atoms with Gasteiger partial charge in [-0.1, -0.05) is 0 Å². The van der Waals surface area contributed by atoms with E-state index in [4.69, 9.17) is 0 Å². The van der Waals surface area contributed by atoms with Crippen LogP contribution in [-0.2, 0) is 7.72 Å². The van der Waals surface area contributed by atoms with Crippen LogP contribution in [-0.4, -0.2) is 0 Å². The molecule has 0 radical (unpaired) electrons. The first-order valence-electron chi connectivity index (χ1n) is 5.26. The molecule has 10 aliphatic heterocycles. The average molecular weight is 233 g/mol. The van der Waals surface area contributed by atoms with Crippen LogP contribution in [0.15, 0.2) is 0 Å². The molecule has 0 saturated carbocycles. The SMILES string of the molecule is [CH]12[CH]3[CH]4[CH]5[CH]1[Rh]23451678[CH]2[CH]1[CH]6[CH]7[CH]28. The van der Waals surface area contributed by atoms with Crippen LogP contribution in [0.2, 0.25) is 45.1 Å². The Morgan fingerprint density at radius 2 is 0.545 bits per heavy atom. The maximum absolute atomic E-state index is 2.48. The molecule has 10 heterocycles. The predicted molar refractivity (Wildman–Crippen MR) is 37.5 cm³/mol. The van der Waals surface area contributed by atoms with Gasteiger partial charge in [0.05, 0.1) is 0 Å². The average Bonchev–Trinajstić information content (AvgIpc) is 3.01. The summed E-state index contributed by atoms with van der Waals surface area (Å²) >= 11 is 0. The monoisotopic (exact) mass is 233 g/mol. The van der Waals surface area contributed by atoms with Crippen molar-refractivity contribution in [1.82, 2.24) is 0 Å². The van der Waals surface area contributed by atoms with Crippen molar-refractivity contribution in [3.05, 3.63) is 0 Å². The van der Waals surface area contributed by atoms with Crippen LogP contribution in [0.5, 0.6) is 0 Å². The van der Waals surface area contributed by atoms with Crippen molar-refractivity contribution in [1.29, 1.82) is 0 Å². The standard InChI is InChI=1S/2C5H5.Rh/c2*1-2-4-5-3-1;/h2*1-5H;. The second-order valence-electron chi connectivity index (χ2n) is 9.15. The summed E-state index contributed by atoms with van der Waals surface area (Å²) in [5.41, 5.74) is 0. The quantitative estimate of drug-likeness (QED) is 0.562. The van der Waals surface area contributed by atoms with Crippen LogP contribution in [0.3, 0.4) is 0 Å². The zero-order valence-corrected chi connectivity index (χ0v) is 7.75. The van der Waals surface area contributed by atoms with Gasteiger partial charge in [0, 0.05) is 0 Å². The van der Waals surface area contributed by atoms with E-state index < -0.39 is 7.72 Å². The van der Waals surface area contributed by atoms with E-state index >= 15 is 0 Å². The van der Waals surface area contributed by atoms with Crippen LogP contribution in [0, 0.1) is 0 Å². The Hall–Kier alpha value is 0.623. The molecule has 10 rings (SSSR count). The van der Waals surface area contributed by atoms with Crippen molar-refractivity contribution in [2.75, 3.05) is 0 Å². The summed E-state index contributed by atoms with van der Waals surface area (Å²) in [4.78, 5) is 0. The molecule has 11 heavy (non-hydrogen) atoms. The Labute approximate surface area is 53.1 Å². The molecule has 0 aromatic rings. The van der Waals surface area contributed by atoms with E-state index in [1.165, 1.54) is 0 Å². The van der Waals surface area contributed by atoms with Crippen molar-refractivity contribution in [3.63, 3.8) is 0 Å². The third-order valence-corrected chi connectivity index (χ3v) is 76.0. The van der Waals surface area contributed by atoms with Gasteiger partial charge in [-0.25, -0.2) is 0 Å². The number of rotatable bonds is 0. The van der Waals surface area contributed by atoms with Gasteiger partial charge in [-0.15, -0.1) is 0 Å². The van der Waals surface area contributed by atoms with Crippen LogP contribution < -0.4 is 0 Å². The van der Waals surface area contributed by atoms with Crippen molar-refractivity contribution in [2.45, 2.75) is 45.1 Å². The molecule has 0 aliphatic carbocycles. The Kier molecular flexibility index (Phi) is 0.0482. The molecule has 0 N–H and O–H groups in total. The molecule has 1 heteroatoms. The minimum absolute atomic E-state index is 1.61. The Bertz CT molecular complexity index is 572. The van der Waals surface area contributed by atoms with Crippen LogP contribution in [0.4, 0.5) is 0 Å². The number of hydrogen-bond acceptors (Lipinski definition) is 0. The number of hydrogen-bond donors (Lipinski definition) is 0. The third-order valence-electron chi connectivity index (χ3n) is 13.8. The molecule has 59 valence electrons. The molecule has 0 aromatic heterocycles. The zero-order chi connectivity index (χ0) is 6.09. The van der Waals surface area contributed by atoms with Gasteiger partial charge in [-0.05, 0) is 0 Å². The Morgan fingerprint density at radius 1 is 0.364 bits per heavy atom. The summed E-state index contributed by atoms with van der Waals surface area (Å²) in [6.45, 7) is 0. The molecule has 0 unspecified atom stereocenters. The topological polar surface area (TPSA) is 0 Å². The normalized spacial score (nSPS) is 171. The van der Waals surface area contributed by atoms with Gasteiger partial charge in [-0.2, -0.15) is 0 Å². The van der Waals surface area contributed by atoms with Crippen molar-refractivity contribution < 1.29 is 7.72 Å². The summed E-state index contributed by atoms with van der Waals surface area (Å²) in [6, 6.07) is 0. The molecule has 10 aliphatic rings. The van der Waals surface area contributed by atoms with E-state index in [0.29, 0.717) is 0 Å². The van der Waals surface area contributed by atoms with Crippen molar-refractivity contribution in [3.8, 4) is 0 Å². The molecular weight excluding hydrogens is 223 g/mol. The first-order chi connectivity index (χ1) is 5.16. The zero-order valence-electron chi connectivity index (χ0n) is 6.11. The molecule has 0 aromatic carbocycles. The maximum atomic E-state index is 1.61. The molecule has 0 bridgehead atoms. The second kappa shape index (κ2) is 0.172. The summed E-state index contributed by atoms with van der Waals surface area (Å²) in [6.07, 6.45) is 0. The molecule has 10 saturated heterocycles. The fourth-order valence-electron chi connectivity index (χ4n) is 14.8. The van der Waals surface area contributed by atoms with Crippen molar-refractivity contribution in [2.24, 2.45) is 0 Å². The van der Waals surface area contributed by atoms with Crippen LogP contribution in [0.25, 0.3) is 0 Å². The van der Waals surface area contributed by atoms with E-state index in [0.717, 1.165) is 0 Å². The first-order valence-corrected chi connectivity index (χ1v) is 14.7. The summed E-state index contributed by atoms with van der Waals surface area (Å²) in [7, 11) is -2.48. The molecule has 0 amide bonds. The molecule has 0 atom stereocenters. The molecular formula is C10H10Rh. The fraction of sp³-hybridized carbons (Fsp3) is 1.00. The van der Waals surface area contributed by atoms with Gasteiger partial charge in [-0.3, -0.25) is 0 Å². The van der Waals surface area contributed by atoms with Gasteiger partial charge >= 0.3 is 52.8 Å². The molecule has 0 nitrogen and oxygen atoms in total. The van der Waals surface area contributed by atoms with E-state index in [-0.39, 0.29) is 0 Å². The first kappa shape index (κ1) is 3.08. The second-order valence-corrected chi connectivity index (χ2v) is 44.7.